The van der Waals surface area contributed by atoms with Crippen LogP contribution in [0, 0.1) is 0 Å². The van der Waals surface area contributed by atoms with E-state index >= 15 is 0 Å². The van der Waals surface area contributed by atoms with Crippen molar-refractivity contribution in [2.75, 3.05) is 13.4 Å². The zero-order valence-corrected chi connectivity index (χ0v) is 9.74. The first-order valence-electron chi connectivity index (χ1n) is 4.41. The third-order valence-corrected chi connectivity index (χ3v) is 3.09. The number of methoxy groups -OCH3 is 1. The molecule has 5 nitrogen and oxygen atoms in total. The van der Waals surface area contributed by atoms with Gasteiger partial charge in [0.05, 0.1) is 24.2 Å². The van der Waals surface area contributed by atoms with Crippen molar-refractivity contribution < 1.29 is 23.1 Å². The van der Waals surface area contributed by atoms with Crippen molar-refractivity contribution >= 4 is 15.8 Å². The van der Waals surface area contributed by atoms with Crippen LogP contribution in [0.4, 0.5) is 0 Å². The van der Waals surface area contributed by atoms with E-state index in [4.69, 9.17) is 5.11 Å². The maximum atomic E-state index is 11.3. The molecule has 0 spiro atoms. The van der Waals surface area contributed by atoms with Gasteiger partial charge in [0.15, 0.2) is 9.84 Å². The van der Waals surface area contributed by atoms with E-state index in [1.807, 2.05) is 0 Å². The molecule has 88 valence electrons. The average molecular weight is 244 g/mol. The summed E-state index contributed by atoms with van der Waals surface area (Å²) in [6.45, 7) is -0.340. The monoisotopic (exact) mass is 244 g/mol. The number of carbonyl (C=O) groups is 1. The number of aliphatic hydroxyl groups is 1. The summed E-state index contributed by atoms with van der Waals surface area (Å²) in [5, 5.41) is 8.96. The van der Waals surface area contributed by atoms with Gasteiger partial charge in [-0.3, -0.25) is 0 Å². The van der Waals surface area contributed by atoms with Crippen LogP contribution in [-0.2, 0) is 21.2 Å². The van der Waals surface area contributed by atoms with E-state index in [2.05, 4.69) is 4.74 Å². The molecule has 1 rings (SSSR count). The molecule has 0 aromatic heterocycles. The molecule has 16 heavy (non-hydrogen) atoms. The van der Waals surface area contributed by atoms with Crippen molar-refractivity contribution in [3.63, 3.8) is 0 Å². The summed E-state index contributed by atoms with van der Waals surface area (Å²) < 4.78 is 27.1. The van der Waals surface area contributed by atoms with Gasteiger partial charge in [-0.15, -0.1) is 0 Å². The Morgan fingerprint density at radius 1 is 1.38 bits per heavy atom. The third kappa shape index (κ3) is 2.80. The normalized spacial score (nSPS) is 11.2. The average Bonchev–Trinajstić information content (AvgIpc) is 2.26. The van der Waals surface area contributed by atoms with Crippen molar-refractivity contribution in [2.24, 2.45) is 0 Å². The zero-order chi connectivity index (χ0) is 12.3. The van der Waals surface area contributed by atoms with Gasteiger partial charge in [0.2, 0.25) is 0 Å². The Hall–Kier alpha value is -1.40. The lowest BCUT2D eigenvalue weighted by Gasteiger charge is -2.05. The molecule has 1 N–H and O–H groups in total. The summed E-state index contributed by atoms with van der Waals surface area (Å²) in [5.74, 6) is -0.639. The minimum atomic E-state index is -3.42. The summed E-state index contributed by atoms with van der Waals surface area (Å²) in [7, 11) is -2.22. The van der Waals surface area contributed by atoms with Crippen LogP contribution in [0.3, 0.4) is 0 Å². The molecule has 0 saturated carbocycles. The number of hydrogen-bond donors (Lipinski definition) is 1. The Labute approximate surface area is 93.6 Å². The van der Waals surface area contributed by atoms with Crippen LogP contribution in [0.1, 0.15) is 15.9 Å². The van der Waals surface area contributed by atoms with E-state index in [-0.39, 0.29) is 17.1 Å². The molecule has 1 aromatic carbocycles. The second-order valence-corrected chi connectivity index (χ2v) is 5.30. The molecule has 6 heteroatoms. The van der Waals surface area contributed by atoms with Gasteiger partial charge in [-0.25, -0.2) is 13.2 Å². The molecule has 0 aliphatic rings. The fourth-order valence-corrected chi connectivity index (χ4v) is 1.91. The lowest BCUT2D eigenvalue weighted by molar-refractivity contribution is 0.0600. The Balaban J connectivity index is 3.38. The molecule has 0 amide bonds. The maximum absolute atomic E-state index is 11.3. The molecule has 0 fully saturated rings. The number of aliphatic hydroxyl groups excluding tert-OH is 1. The van der Waals surface area contributed by atoms with Crippen molar-refractivity contribution in [1.29, 1.82) is 0 Å². The van der Waals surface area contributed by atoms with Crippen LogP contribution in [0.5, 0.6) is 0 Å². The molecule has 0 radical (unpaired) electrons. The number of benzene rings is 1. The van der Waals surface area contributed by atoms with E-state index in [0.717, 1.165) is 6.26 Å². The quantitative estimate of drug-likeness (QED) is 0.777. The van der Waals surface area contributed by atoms with Gasteiger partial charge in [-0.1, -0.05) is 0 Å². The highest BCUT2D eigenvalue weighted by molar-refractivity contribution is 7.90. The predicted octanol–water partition coefficient (Wildman–Crippen LogP) is 0.369. The highest BCUT2D eigenvalue weighted by Gasteiger charge is 2.14. The second-order valence-electron chi connectivity index (χ2n) is 3.29. The van der Waals surface area contributed by atoms with Gasteiger partial charge in [0, 0.05) is 6.26 Å². The molecule has 1 aromatic rings. The van der Waals surface area contributed by atoms with E-state index in [0.29, 0.717) is 5.56 Å². The molecule has 0 bridgehead atoms. The Morgan fingerprint density at radius 2 is 2.00 bits per heavy atom. The highest BCUT2D eigenvalue weighted by Crippen LogP contribution is 2.16. The van der Waals surface area contributed by atoms with Gasteiger partial charge in [0.1, 0.15) is 0 Å². The van der Waals surface area contributed by atoms with Crippen molar-refractivity contribution in [3.8, 4) is 0 Å². The summed E-state index contributed by atoms with van der Waals surface area (Å²) >= 11 is 0. The summed E-state index contributed by atoms with van der Waals surface area (Å²) in [5.41, 5.74) is 0.456. The molecular formula is C10H12O5S. The van der Waals surface area contributed by atoms with Gasteiger partial charge in [0.25, 0.3) is 0 Å². The maximum Gasteiger partial charge on any atom is 0.337 e. The number of sulfone groups is 1. The predicted molar refractivity (Wildman–Crippen MR) is 56.8 cm³/mol. The minimum absolute atomic E-state index is 0.0144. The van der Waals surface area contributed by atoms with Gasteiger partial charge < -0.3 is 9.84 Å². The topological polar surface area (TPSA) is 80.7 Å². The van der Waals surface area contributed by atoms with Crippen LogP contribution in [0.25, 0.3) is 0 Å². The number of ether oxygens (including phenoxy) is 1. The van der Waals surface area contributed by atoms with Crippen LogP contribution < -0.4 is 0 Å². The third-order valence-electron chi connectivity index (χ3n) is 2.00. The molecule has 0 aliphatic carbocycles. The smallest absolute Gasteiger partial charge is 0.337 e. The molecule has 0 heterocycles. The number of hydrogen-bond acceptors (Lipinski definition) is 5. The van der Waals surface area contributed by atoms with E-state index in [1.165, 1.54) is 25.3 Å². The first-order chi connectivity index (χ1) is 7.38. The second kappa shape index (κ2) is 4.63. The van der Waals surface area contributed by atoms with Crippen molar-refractivity contribution in [3.05, 3.63) is 29.3 Å². The highest BCUT2D eigenvalue weighted by atomic mass is 32.2. The summed E-state index contributed by atoms with van der Waals surface area (Å²) in [6.07, 6.45) is 1.03. The molecule has 0 atom stereocenters. The lowest BCUT2D eigenvalue weighted by Crippen LogP contribution is -2.06. The Morgan fingerprint density at radius 3 is 2.44 bits per heavy atom. The van der Waals surface area contributed by atoms with E-state index in [9.17, 15) is 13.2 Å². The van der Waals surface area contributed by atoms with Gasteiger partial charge in [-0.05, 0) is 23.8 Å². The Kier molecular flexibility index (Phi) is 3.66. The summed E-state index contributed by atoms with van der Waals surface area (Å²) in [6, 6.07) is 3.93. The van der Waals surface area contributed by atoms with Crippen LogP contribution in [-0.4, -0.2) is 32.9 Å². The lowest BCUT2D eigenvalue weighted by atomic mass is 10.1. The van der Waals surface area contributed by atoms with Gasteiger partial charge >= 0.3 is 5.97 Å². The standard InChI is InChI=1S/C10H12O5S/c1-15-10(12)8-3-7(6-11)4-9(5-8)16(2,13)14/h3-5,11H,6H2,1-2H3. The van der Waals surface area contributed by atoms with Crippen LogP contribution in [0.2, 0.25) is 0 Å². The summed E-state index contributed by atoms with van der Waals surface area (Å²) in [4.78, 5) is 11.2. The number of esters is 1. The van der Waals surface area contributed by atoms with Crippen LogP contribution in [0.15, 0.2) is 23.1 Å². The number of rotatable bonds is 3. The SMILES string of the molecule is COC(=O)c1cc(CO)cc(S(C)(=O)=O)c1. The van der Waals surface area contributed by atoms with E-state index < -0.39 is 15.8 Å². The van der Waals surface area contributed by atoms with Gasteiger partial charge in [-0.2, -0.15) is 0 Å². The first-order valence-corrected chi connectivity index (χ1v) is 6.31. The Bertz CT molecular complexity index is 504. The fraction of sp³-hybridized carbons (Fsp3) is 0.300. The fourth-order valence-electron chi connectivity index (χ4n) is 1.20. The zero-order valence-electron chi connectivity index (χ0n) is 8.93. The van der Waals surface area contributed by atoms with Crippen molar-refractivity contribution in [1.82, 2.24) is 0 Å². The molecule has 0 aliphatic heterocycles. The molecule has 0 unspecified atom stereocenters. The largest absolute Gasteiger partial charge is 0.465 e. The first kappa shape index (κ1) is 12.7. The minimum Gasteiger partial charge on any atom is -0.465 e. The van der Waals surface area contributed by atoms with E-state index in [1.54, 1.807) is 0 Å². The van der Waals surface area contributed by atoms with Crippen molar-refractivity contribution in [2.45, 2.75) is 11.5 Å². The van der Waals surface area contributed by atoms with Crippen LogP contribution >= 0.6 is 0 Å². The number of carbonyl (C=O) groups excluding carboxylic acids is 1. The molecule has 0 saturated heterocycles. The molecular weight excluding hydrogens is 232 g/mol.